The fourth-order valence-corrected chi connectivity index (χ4v) is 4.12. The van der Waals surface area contributed by atoms with Crippen LogP contribution in [0.25, 0.3) is 44.4 Å². The Balaban J connectivity index is 1.22. The van der Waals surface area contributed by atoms with E-state index >= 15 is 0 Å². The number of rotatable bonds is 5. The number of hydrogen-bond donors (Lipinski definition) is 1. The maximum atomic E-state index is 13.9. The van der Waals surface area contributed by atoms with Crippen molar-refractivity contribution in [3.8, 4) is 22.6 Å². The maximum Gasteiger partial charge on any atom is 0.257 e. The standard InChI is InChI=1S/C27H18F2N4O/c28-21-14-22(29)26-23(15-21)30-24(31-26)10-11-25-32-27(34-33-25)20-7-3-6-18(13-20)19-9-8-16-4-1-2-5-17(16)12-19/h1-9,12-15H,10-11H2,(H,30,31). The van der Waals surface area contributed by atoms with Gasteiger partial charge in [-0.1, -0.05) is 53.7 Å². The van der Waals surface area contributed by atoms with Crippen molar-refractivity contribution >= 4 is 21.8 Å². The van der Waals surface area contributed by atoms with E-state index < -0.39 is 11.6 Å². The predicted octanol–water partition coefficient (Wildman–Crippen LogP) is 6.50. The molecule has 1 N–H and O–H groups in total. The highest BCUT2D eigenvalue weighted by Crippen LogP contribution is 2.28. The normalized spacial score (nSPS) is 11.5. The summed E-state index contributed by atoms with van der Waals surface area (Å²) in [6.07, 6.45) is 0.879. The van der Waals surface area contributed by atoms with E-state index in [1.807, 2.05) is 30.3 Å². The average molecular weight is 452 g/mol. The van der Waals surface area contributed by atoms with Gasteiger partial charge in [-0.2, -0.15) is 4.98 Å². The van der Waals surface area contributed by atoms with Gasteiger partial charge in [0.1, 0.15) is 17.2 Å². The number of hydrogen-bond acceptors (Lipinski definition) is 4. The summed E-state index contributed by atoms with van der Waals surface area (Å²) in [6.45, 7) is 0. The van der Waals surface area contributed by atoms with Crippen LogP contribution in [0.1, 0.15) is 11.6 Å². The van der Waals surface area contributed by atoms with Gasteiger partial charge in [0.15, 0.2) is 11.6 Å². The van der Waals surface area contributed by atoms with Crippen LogP contribution in [0.5, 0.6) is 0 Å². The quantitative estimate of drug-likeness (QED) is 0.324. The zero-order chi connectivity index (χ0) is 23.1. The van der Waals surface area contributed by atoms with Gasteiger partial charge in [0.25, 0.3) is 5.89 Å². The van der Waals surface area contributed by atoms with Crippen LogP contribution in [0.2, 0.25) is 0 Å². The molecule has 34 heavy (non-hydrogen) atoms. The summed E-state index contributed by atoms with van der Waals surface area (Å²) in [4.78, 5) is 11.7. The number of H-pyrrole nitrogens is 1. The fraction of sp³-hybridized carbons (Fsp3) is 0.0741. The Hall–Kier alpha value is -4.39. The molecule has 166 valence electrons. The highest BCUT2D eigenvalue weighted by atomic mass is 19.1. The van der Waals surface area contributed by atoms with Gasteiger partial charge in [0.2, 0.25) is 0 Å². The number of fused-ring (bicyclic) bond motifs is 2. The van der Waals surface area contributed by atoms with Gasteiger partial charge in [-0.25, -0.2) is 13.8 Å². The molecule has 4 aromatic carbocycles. The molecule has 0 bridgehead atoms. The number of halogens is 2. The monoisotopic (exact) mass is 452 g/mol. The van der Waals surface area contributed by atoms with Crippen LogP contribution in [-0.4, -0.2) is 20.1 Å². The minimum Gasteiger partial charge on any atom is -0.342 e. The van der Waals surface area contributed by atoms with Crippen molar-refractivity contribution in [1.29, 1.82) is 0 Å². The Morgan fingerprint density at radius 2 is 1.56 bits per heavy atom. The molecule has 0 amide bonds. The van der Waals surface area contributed by atoms with Gasteiger partial charge >= 0.3 is 0 Å². The second-order valence-electron chi connectivity index (χ2n) is 8.13. The molecular weight excluding hydrogens is 434 g/mol. The molecule has 0 aliphatic rings. The molecule has 0 aliphatic carbocycles. The number of aromatic amines is 1. The lowest BCUT2D eigenvalue weighted by Gasteiger charge is -2.05. The van der Waals surface area contributed by atoms with E-state index in [4.69, 9.17) is 4.52 Å². The van der Waals surface area contributed by atoms with Gasteiger partial charge in [0.05, 0.1) is 5.52 Å². The molecular formula is C27H18F2N4O. The molecule has 0 saturated carbocycles. The van der Waals surface area contributed by atoms with E-state index in [0.717, 1.165) is 22.8 Å². The Morgan fingerprint density at radius 1 is 0.735 bits per heavy atom. The summed E-state index contributed by atoms with van der Waals surface area (Å²) >= 11 is 0. The Labute approximate surface area is 193 Å². The molecule has 5 nitrogen and oxygen atoms in total. The first-order valence-electron chi connectivity index (χ1n) is 10.9. The van der Waals surface area contributed by atoms with E-state index in [-0.39, 0.29) is 5.52 Å². The number of aryl methyl sites for hydroxylation is 2. The van der Waals surface area contributed by atoms with Gasteiger partial charge < -0.3 is 9.51 Å². The summed E-state index contributed by atoms with van der Waals surface area (Å²) < 4.78 is 32.8. The molecule has 0 atom stereocenters. The third-order valence-electron chi connectivity index (χ3n) is 5.80. The van der Waals surface area contributed by atoms with E-state index in [0.29, 0.717) is 35.9 Å². The average Bonchev–Trinajstić information content (AvgIpc) is 3.50. The molecule has 2 aromatic heterocycles. The third kappa shape index (κ3) is 3.81. The van der Waals surface area contributed by atoms with Crippen molar-refractivity contribution in [2.75, 3.05) is 0 Å². The predicted molar refractivity (Wildman–Crippen MR) is 126 cm³/mol. The van der Waals surface area contributed by atoms with Crippen LogP contribution >= 0.6 is 0 Å². The van der Waals surface area contributed by atoms with Crippen LogP contribution in [0, 0.1) is 11.6 Å². The SMILES string of the molecule is Fc1cc(F)c2nc(CCc3noc(-c4cccc(-c5ccc6ccccc6c5)c4)n3)[nH]c2c1. The number of nitrogens with zero attached hydrogens (tertiary/aromatic N) is 3. The molecule has 7 heteroatoms. The molecule has 0 spiro atoms. The summed E-state index contributed by atoms with van der Waals surface area (Å²) in [5.74, 6) is 0.136. The fourth-order valence-electron chi connectivity index (χ4n) is 4.12. The van der Waals surface area contributed by atoms with Crippen LogP contribution in [-0.2, 0) is 12.8 Å². The minimum absolute atomic E-state index is 0.121. The van der Waals surface area contributed by atoms with Gasteiger partial charge in [-0.3, -0.25) is 0 Å². The smallest absolute Gasteiger partial charge is 0.257 e. The summed E-state index contributed by atoms with van der Waals surface area (Å²) in [5.41, 5.74) is 3.43. The molecule has 6 aromatic rings. The van der Waals surface area contributed by atoms with Gasteiger partial charge in [-0.15, -0.1) is 0 Å². The Morgan fingerprint density at radius 3 is 2.47 bits per heavy atom. The zero-order valence-electron chi connectivity index (χ0n) is 17.9. The lowest BCUT2D eigenvalue weighted by molar-refractivity contribution is 0.422. The second kappa shape index (κ2) is 8.19. The highest BCUT2D eigenvalue weighted by molar-refractivity contribution is 5.87. The maximum absolute atomic E-state index is 13.9. The third-order valence-corrected chi connectivity index (χ3v) is 5.80. The first-order chi connectivity index (χ1) is 16.6. The van der Waals surface area contributed by atoms with Crippen molar-refractivity contribution < 1.29 is 13.3 Å². The molecule has 6 rings (SSSR count). The van der Waals surface area contributed by atoms with Crippen molar-refractivity contribution in [3.05, 3.63) is 102 Å². The zero-order valence-corrected chi connectivity index (χ0v) is 17.9. The van der Waals surface area contributed by atoms with E-state index in [9.17, 15) is 8.78 Å². The summed E-state index contributed by atoms with van der Waals surface area (Å²) in [7, 11) is 0. The molecule has 2 heterocycles. The van der Waals surface area contributed by atoms with E-state index in [1.165, 1.54) is 16.8 Å². The molecule has 0 saturated heterocycles. The minimum atomic E-state index is -0.689. The largest absolute Gasteiger partial charge is 0.342 e. The van der Waals surface area contributed by atoms with Crippen molar-refractivity contribution in [3.63, 3.8) is 0 Å². The van der Waals surface area contributed by atoms with Crippen LogP contribution in [0.4, 0.5) is 8.78 Å². The van der Waals surface area contributed by atoms with E-state index in [2.05, 4.69) is 56.5 Å². The highest BCUT2D eigenvalue weighted by Gasteiger charge is 2.13. The summed E-state index contributed by atoms with van der Waals surface area (Å²) in [5, 5.41) is 6.45. The first-order valence-corrected chi connectivity index (χ1v) is 10.9. The van der Waals surface area contributed by atoms with Gasteiger partial charge in [0, 0.05) is 24.5 Å². The van der Waals surface area contributed by atoms with Crippen molar-refractivity contribution in [2.24, 2.45) is 0 Å². The number of imidazole rings is 1. The Bertz CT molecular complexity index is 1650. The molecule has 0 unspecified atom stereocenters. The van der Waals surface area contributed by atoms with Gasteiger partial charge in [-0.05, 0) is 46.2 Å². The van der Waals surface area contributed by atoms with Crippen molar-refractivity contribution in [2.45, 2.75) is 12.8 Å². The van der Waals surface area contributed by atoms with E-state index in [1.54, 1.807) is 0 Å². The molecule has 0 fully saturated rings. The molecule has 0 radical (unpaired) electrons. The summed E-state index contributed by atoms with van der Waals surface area (Å²) in [6, 6.07) is 24.6. The first kappa shape index (κ1) is 20.2. The molecule has 0 aliphatic heterocycles. The van der Waals surface area contributed by atoms with Crippen LogP contribution in [0.3, 0.4) is 0 Å². The second-order valence-corrected chi connectivity index (χ2v) is 8.13. The lowest BCUT2D eigenvalue weighted by atomic mass is 10.00. The number of aromatic nitrogens is 4. The van der Waals surface area contributed by atoms with Crippen LogP contribution < -0.4 is 0 Å². The Kier molecular flexibility index (Phi) is 4.87. The topological polar surface area (TPSA) is 67.6 Å². The lowest BCUT2D eigenvalue weighted by Crippen LogP contribution is -1.95. The van der Waals surface area contributed by atoms with Crippen molar-refractivity contribution in [1.82, 2.24) is 20.1 Å². The van der Waals surface area contributed by atoms with Crippen LogP contribution in [0.15, 0.2) is 83.4 Å². The number of benzene rings is 4. The number of nitrogens with one attached hydrogen (secondary N) is 1.